The van der Waals surface area contributed by atoms with E-state index in [4.69, 9.17) is 22.1 Å². The lowest BCUT2D eigenvalue weighted by atomic mass is 10.1. The summed E-state index contributed by atoms with van der Waals surface area (Å²) in [5.74, 6) is 0.542. The SMILES string of the molecule is NCc1ccc2c(c1)OCCN2C(=O)c1cc2ccnc(Cl)c2[nH]1. The number of rotatable bonds is 2. The topological polar surface area (TPSA) is 84.2 Å². The number of amides is 1. The third kappa shape index (κ3) is 2.40. The van der Waals surface area contributed by atoms with Crippen molar-refractivity contribution in [1.82, 2.24) is 9.97 Å². The highest BCUT2D eigenvalue weighted by atomic mass is 35.5. The monoisotopic (exact) mass is 342 g/mol. The number of nitrogens with two attached hydrogens (primary N) is 1. The van der Waals surface area contributed by atoms with Crippen LogP contribution in [-0.4, -0.2) is 29.0 Å². The number of ether oxygens (including phenoxy) is 1. The highest BCUT2D eigenvalue weighted by Crippen LogP contribution is 2.33. The Hall–Kier alpha value is -2.57. The van der Waals surface area contributed by atoms with Gasteiger partial charge in [-0.25, -0.2) is 4.98 Å². The highest BCUT2D eigenvalue weighted by molar-refractivity contribution is 6.34. The number of anilines is 1. The lowest BCUT2D eigenvalue weighted by molar-refractivity contribution is 0.0972. The third-order valence-corrected chi connectivity index (χ3v) is 4.38. The second-order valence-corrected chi connectivity index (χ2v) is 5.92. The minimum absolute atomic E-state index is 0.132. The number of carbonyl (C=O) groups excluding carboxylic acids is 1. The second kappa shape index (κ2) is 5.81. The van der Waals surface area contributed by atoms with E-state index in [9.17, 15) is 4.79 Å². The number of nitrogens with one attached hydrogen (secondary N) is 1. The molecule has 24 heavy (non-hydrogen) atoms. The zero-order chi connectivity index (χ0) is 16.7. The average molecular weight is 343 g/mol. The molecule has 0 unspecified atom stereocenters. The van der Waals surface area contributed by atoms with Gasteiger partial charge >= 0.3 is 0 Å². The molecule has 2 aromatic heterocycles. The molecule has 0 saturated heterocycles. The van der Waals surface area contributed by atoms with E-state index in [1.165, 1.54) is 0 Å². The van der Waals surface area contributed by atoms with E-state index in [-0.39, 0.29) is 5.91 Å². The molecular weight excluding hydrogens is 328 g/mol. The van der Waals surface area contributed by atoms with Crippen molar-refractivity contribution in [1.29, 1.82) is 0 Å². The first-order chi connectivity index (χ1) is 11.7. The van der Waals surface area contributed by atoms with Gasteiger partial charge in [0, 0.05) is 18.1 Å². The molecule has 1 aliphatic rings. The van der Waals surface area contributed by atoms with Gasteiger partial charge in [-0.3, -0.25) is 4.79 Å². The van der Waals surface area contributed by atoms with Crippen molar-refractivity contribution in [3.63, 3.8) is 0 Å². The lowest BCUT2D eigenvalue weighted by Gasteiger charge is -2.29. The standard InChI is InChI=1S/C17H15ClN4O2/c18-16-15-11(3-4-20-16)8-12(21-15)17(23)22-5-6-24-14-7-10(9-19)1-2-13(14)22/h1-4,7-8,21H,5-6,9,19H2. The van der Waals surface area contributed by atoms with Crippen LogP contribution in [0.1, 0.15) is 16.1 Å². The molecular formula is C17H15ClN4O2. The van der Waals surface area contributed by atoms with Crippen molar-refractivity contribution in [3.05, 3.63) is 52.9 Å². The van der Waals surface area contributed by atoms with Crippen molar-refractivity contribution in [3.8, 4) is 5.75 Å². The number of carbonyl (C=O) groups is 1. The maximum Gasteiger partial charge on any atom is 0.274 e. The molecule has 3 N–H and O–H groups in total. The molecule has 1 amide bonds. The number of halogens is 1. The summed E-state index contributed by atoms with van der Waals surface area (Å²) in [6, 6.07) is 9.25. The van der Waals surface area contributed by atoms with E-state index in [1.54, 1.807) is 17.2 Å². The van der Waals surface area contributed by atoms with Crippen LogP contribution in [0.15, 0.2) is 36.5 Å². The summed E-state index contributed by atoms with van der Waals surface area (Å²) in [4.78, 5) is 21.7. The number of hydrogen-bond acceptors (Lipinski definition) is 4. The Labute approximate surface area is 143 Å². The Balaban J connectivity index is 1.73. The van der Waals surface area contributed by atoms with E-state index in [0.717, 1.165) is 16.6 Å². The Morgan fingerprint density at radius 1 is 1.38 bits per heavy atom. The van der Waals surface area contributed by atoms with E-state index in [2.05, 4.69) is 9.97 Å². The molecule has 0 radical (unpaired) electrons. The quantitative estimate of drug-likeness (QED) is 0.701. The predicted octanol–water partition coefficient (Wildman–Crippen LogP) is 2.71. The fourth-order valence-electron chi connectivity index (χ4n) is 2.88. The van der Waals surface area contributed by atoms with Crippen LogP contribution in [0.2, 0.25) is 5.15 Å². The van der Waals surface area contributed by atoms with Crippen LogP contribution in [0.5, 0.6) is 5.75 Å². The Morgan fingerprint density at radius 2 is 2.25 bits per heavy atom. The van der Waals surface area contributed by atoms with Crippen LogP contribution >= 0.6 is 11.6 Å². The molecule has 0 aliphatic carbocycles. The van der Waals surface area contributed by atoms with Crippen LogP contribution in [0.25, 0.3) is 10.9 Å². The summed E-state index contributed by atoms with van der Waals surface area (Å²) in [5, 5.41) is 1.20. The molecule has 7 heteroatoms. The first-order valence-corrected chi connectivity index (χ1v) is 7.96. The third-order valence-electron chi connectivity index (χ3n) is 4.10. The van der Waals surface area contributed by atoms with Crippen molar-refractivity contribution in [2.75, 3.05) is 18.1 Å². The van der Waals surface area contributed by atoms with Crippen molar-refractivity contribution in [2.24, 2.45) is 5.73 Å². The minimum atomic E-state index is -0.132. The Kier molecular flexibility index (Phi) is 3.63. The van der Waals surface area contributed by atoms with Gasteiger partial charge in [0.15, 0.2) is 5.15 Å². The fourth-order valence-corrected chi connectivity index (χ4v) is 3.10. The molecule has 3 heterocycles. The van der Waals surface area contributed by atoms with Gasteiger partial charge in [-0.05, 0) is 29.8 Å². The second-order valence-electron chi connectivity index (χ2n) is 5.56. The van der Waals surface area contributed by atoms with Gasteiger partial charge < -0.3 is 20.4 Å². The maximum absolute atomic E-state index is 12.9. The smallest absolute Gasteiger partial charge is 0.274 e. The van der Waals surface area contributed by atoms with Crippen molar-refractivity contribution < 1.29 is 9.53 Å². The number of H-pyrrole nitrogens is 1. The summed E-state index contributed by atoms with van der Waals surface area (Å²) in [6.07, 6.45) is 1.62. The molecule has 6 nitrogen and oxygen atoms in total. The summed E-state index contributed by atoms with van der Waals surface area (Å²) in [7, 11) is 0. The van der Waals surface area contributed by atoms with Gasteiger partial charge in [-0.15, -0.1) is 0 Å². The highest BCUT2D eigenvalue weighted by Gasteiger charge is 2.26. The molecule has 122 valence electrons. The van der Waals surface area contributed by atoms with Crippen LogP contribution in [0, 0.1) is 0 Å². The number of benzene rings is 1. The predicted molar refractivity (Wildman–Crippen MR) is 92.6 cm³/mol. The number of aromatic amines is 1. The fraction of sp³-hybridized carbons (Fsp3) is 0.176. The van der Waals surface area contributed by atoms with Crippen molar-refractivity contribution >= 4 is 34.1 Å². The molecule has 0 spiro atoms. The van der Waals surface area contributed by atoms with Gasteiger partial charge in [0.05, 0.1) is 17.7 Å². The van der Waals surface area contributed by atoms with E-state index in [1.807, 2.05) is 24.3 Å². The lowest BCUT2D eigenvalue weighted by Crippen LogP contribution is -2.38. The van der Waals surface area contributed by atoms with Crippen LogP contribution in [0.4, 0.5) is 5.69 Å². The molecule has 0 bridgehead atoms. The largest absolute Gasteiger partial charge is 0.490 e. The number of fused-ring (bicyclic) bond motifs is 2. The first kappa shape index (κ1) is 15.0. The summed E-state index contributed by atoms with van der Waals surface area (Å²) in [6.45, 7) is 1.35. The molecule has 1 aliphatic heterocycles. The molecule has 1 aromatic carbocycles. The number of pyridine rings is 1. The van der Waals surface area contributed by atoms with Crippen LogP contribution in [0.3, 0.4) is 0 Å². The van der Waals surface area contributed by atoms with E-state index < -0.39 is 0 Å². The normalized spacial score (nSPS) is 13.7. The van der Waals surface area contributed by atoms with Gasteiger partial charge in [-0.1, -0.05) is 17.7 Å². The van der Waals surface area contributed by atoms with Gasteiger partial charge in [-0.2, -0.15) is 0 Å². The minimum Gasteiger partial charge on any atom is -0.490 e. The number of aromatic nitrogens is 2. The van der Waals surface area contributed by atoms with Crippen LogP contribution in [-0.2, 0) is 6.54 Å². The van der Waals surface area contributed by atoms with Gasteiger partial charge in [0.1, 0.15) is 18.1 Å². The maximum atomic E-state index is 12.9. The Morgan fingerprint density at radius 3 is 3.04 bits per heavy atom. The van der Waals surface area contributed by atoms with E-state index in [0.29, 0.717) is 41.8 Å². The van der Waals surface area contributed by atoms with Crippen LogP contribution < -0.4 is 15.4 Å². The summed E-state index contributed by atoms with van der Waals surface area (Å²) < 4.78 is 5.67. The molecule has 0 saturated carbocycles. The summed E-state index contributed by atoms with van der Waals surface area (Å²) in [5.41, 5.74) is 8.50. The molecule has 0 atom stereocenters. The first-order valence-electron chi connectivity index (χ1n) is 7.58. The number of nitrogens with zero attached hydrogens (tertiary/aromatic N) is 2. The van der Waals surface area contributed by atoms with E-state index >= 15 is 0 Å². The molecule has 0 fully saturated rings. The number of hydrogen-bond donors (Lipinski definition) is 2. The Bertz CT molecular complexity index is 937. The molecule has 4 rings (SSSR count). The zero-order valence-corrected chi connectivity index (χ0v) is 13.5. The zero-order valence-electron chi connectivity index (χ0n) is 12.8. The summed E-state index contributed by atoms with van der Waals surface area (Å²) >= 11 is 6.08. The van der Waals surface area contributed by atoms with Gasteiger partial charge in [0.25, 0.3) is 5.91 Å². The average Bonchev–Trinajstić information content (AvgIpc) is 3.06. The van der Waals surface area contributed by atoms with Crippen molar-refractivity contribution in [2.45, 2.75) is 6.54 Å². The van der Waals surface area contributed by atoms with Gasteiger partial charge in [0.2, 0.25) is 0 Å². The molecule has 3 aromatic rings.